The average molecular weight is 346 g/mol. The highest BCUT2D eigenvalue weighted by molar-refractivity contribution is 8.13. The van der Waals surface area contributed by atoms with Crippen LogP contribution in [0, 0.1) is 11.8 Å². The normalized spacial score (nSPS) is 22.4. The molecule has 0 N–H and O–H groups in total. The van der Waals surface area contributed by atoms with Crippen molar-refractivity contribution >= 4 is 25.8 Å². The van der Waals surface area contributed by atoms with Gasteiger partial charge in [0.1, 0.15) is 6.61 Å². The zero-order valence-corrected chi connectivity index (χ0v) is 14.0. The van der Waals surface area contributed by atoms with Crippen LogP contribution in [0.4, 0.5) is 4.79 Å². The predicted molar refractivity (Wildman–Crippen MR) is 85.1 cm³/mol. The van der Waals surface area contributed by atoms with Gasteiger partial charge in [-0.1, -0.05) is 37.3 Å². The van der Waals surface area contributed by atoms with Crippen molar-refractivity contribution in [1.29, 1.82) is 0 Å². The fraction of sp³-hybridized carbons (Fsp3) is 0.533. The van der Waals surface area contributed by atoms with E-state index in [4.69, 9.17) is 15.4 Å². The SMILES string of the molecule is CC1CCN(C(=O)OCc2ccccc2)CC1CS(=O)(=O)Cl. The number of hydrogen-bond donors (Lipinski definition) is 0. The number of hydrogen-bond acceptors (Lipinski definition) is 4. The van der Waals surface area contributed by atoms with E-state index in [0.29, 0.717) is 13.1 Å². The molecule has 0 saturated carbocycles. The van der Waals surface area contributed by atoms with Crippen LogP contribution in [0.25, 0.3) is 0 Å². The second-order valence-corrected chi connectivity index (χ2v) is 8.54. The van der Waals surface area contributed by atoms with Crippen LogP contribution < -0.4 is 0 Å². The van der Waals surface area contributed by atoms with Gasteiger partial charge in [-0.15, -0.1) is 0 Å². The maximum Gasteiger partial charge on any atom is 0.410 e. The van der Waals surface area contributed by atoms with Crippen molar-refractivity contribution < 1.29 is 17.9 Å². The number of rotatable bonds is 4. The summed E-state index contributed by atoms with van der Waals surface area (Å²) in [5, 5.41) is 0. The molecule has 0 radical (unpaired) electrons. The second kappa shape index (κ2) is 7.33. The summed E-state index contributed by atoms with van der Waals surface area (Å²) in [6.45, 7) is 3.14. The van der Waals surface area contributed by atoms with E-state index >= 15 is 0 Å². The summed E-state index contributed by atoms with van der Waals surface area (Å²) in [5.74, 6) is -0.0507. The van der Waals surface area contributed by atoms with Gasteiger partial charge in [-0.2, -0.15) is 0 Å². The Kier molecular flexibility index (Phi) is 5.69. The first-order valence-corrected chi connectivity index (χ1v) is 9.71. The van der Waals surface area contributed by atoms with E-state index in [0.717, 1.165) is 12.0 Å². The van der Waals surface area contributed by atoms with Crippen molar-refractivity contribution in [2.24, 2.45) is 11.8 Å². The summed E-state index contributed by atoms with van der Waals surface area (Å²) >= 11 is 0. The number of likely N-dealkylation sites (tertiary alicyclic amines) is 1. The molecule has 0 spiro atoms. The molecule has 1 saturated heterocycles. The fourth-order valence-electron chi connectivity index (χ4n) is 2.60. The standard InChI is InChI=1S/C15H20ClNO4S/c1-12-7-8-17(9-14(12)11-22(16,19)20)15(18)21-10-13-5-3-2-4-6-13/h2-6,12,14H,7-11H2,1H3. The zero-order valence-electron chi connectivity index (χ0n) is 12.4. The Hall–Kier alpha value is -1.27. The number of nitrogens with zero attached hydrogens (tertiary/aromatic N) is 1. The topological polar surface area (TPSA) is 63.7 Å². The van der Waals surface area contributed by atoms with Crippen molar-refractivity contribution in [3.63, 3.8) is 0 Å². The summed E-state index contributed by atoms with van der Waals surface area (Å²) in [6, 6.07) is 9.43. The van der Waals surface area contributed by atoms with E-state index in [1.54, 1.807) is 4.90 Å². The van der Waals surface area contributed by atoms with Crippen LogP contribution >= 0.6 is 10.7 Å². The highest BCUT2D eigenvalue weighted by Crippen LogP contribution is 2.26. The maximum absolute atomic E-state index is 12.1. The molecule has 122 valence electrons. The van der Waals surface area contributed by atoms with E-state index in [1.165, 1.54) is 0 Å². The van der Waals surface area contributed by atoms with Crippen LogP contribution in [0.2, 0.25) is 0 Å². The molecule has 1 amide bonds. The maximum atomic E-state index is 12.1. The molecule has 1 aromatic rings. The molecule has 2 atom stereocenters. The third-order valence-electron chi connectivity index (χ3n) is 3.99. The van der Waals surface area contributed by atoms with Gasteiger partial charge in [0.05, 0.1) is 5.75 Å². The van der Waals surface area contributed by atoms with Crippen molar-refractivity contribution in [1.82, 2.24) is 4.90 Å². The van der Waals surface area contributed by atoms with Crippen LogP contribution in [0.3, 0.4) is 0 Å². The highest BCUT2D eigenvalue weighted by Gasteiger charge is 2.32. The van der Waals surface area contributed by atoms with Crippen molar-refractivity contribution in [3.8, 4) is 0 Å². The van der Waals surface area contributed by atoms with E-state index < -0.39 is 15.1 Å². The van der Waals surface area contributed by atoms with Gasteiger partial charge < -0.3 is 9.64 Å². The molecule has 2 unspecified atom stereocenters. The summed E-state index contributed by atoms with van der Waals surface area (Å²) in [6.07, 6.45) is 0.338. The van der Waals surface area contributed by atoms with Crippen molar-refractivity contribution in [3.05, 3.63) is 35.9 Å². The number of halogens is 1. The molecule has 1 fully saturated rings. The van der Waals surface area contributed by atoms with E-state index in [-0.39, 0.29) is 24.2 Å². The molecule has 5 nitrogen and oxygen atoms in total. The molecule has 0 bridgehead atoms. The summed E-state index contributed by atoms with van der Waals surface area (Å²) in [7, 11) is 1.77. The van der Waals surface area contributed by atoms with E-state index in [1.807, 2.05) is 37.3 Å². The Bertz CT molecular complexity index is 605. The van der Waals surface area contributed by atoms with Crippen LogP contribution in [0.1, 0.15) is 18.9 Å². The molecule has 7 heteroatoms. The zero-order chi connectivity index (χ0) is 16.2. The summed E-state index contributed by atoms with van der Waals surface area (Å²) < 4.78 is 27.8. The number of carbonyl (C=O) groups excluding carboxylic acids is 1. The van der Waals surface area contributed by atoms with Crippen molar-refractivity contribution in [2.45, 2.75) is 20.0 Å². The largest absolute Gasteiger partial charge is 0.445 e. The first-order valence-electron chi connectivity index (χ1n) is 7.23. The predicted octanol–water partition coefficient (Wildman–Crippen LogP) is 2.85. The first kappa shape index (κ1) is 17.1. The van der Waals surface area contributed by atoms with Crippen LogP contribution in [-0.2, 0) is 20.4 Å². The van der Waals surface area contributed by atoms with Gasteiger partial charge in [-0.3, -0.25) is 0 Å². The number of piperidine rings is 1. The molecule has 2 rings (SSSR count). The Morgan fingerprint density at radius 2 is 2.05 bits per heavy atom. The Morgan fingerprint density at radius 3 is 2.68 bits per heavy atom. The van der Waals surface area contributed by atoms with Gasteiger partial charge in [0.25, 0.3) is 0 Å². The van der Waals surface area contributed by atoms with E-state index in [9.17, 15) is 13.2 Å². The molecular weight excluding hydrogens is 326 g/mol. The molecule has 0 aliphatic carbocycles. The van der Waals surface area contributed by atoms with E-state index in [2.05, 4.69) is 0 Å². The molecule has 1 aliphatic heterocycles. The molecule has 1 heterocycles. The third kappa shape index (κ3) is 5.18. The van der Waals surface area contributed by atoms with Crippen LogP contribution in [-0.4, -0.2) is 38.3 Å². The Morgan fingerprint density at radius 1 is 1.36 bits per heavy atom. The lowest BCUT2D eigenvalue weighted by Crippen LogP contribution is -2.45. The average Bonchev–Trinajstić information content (AvgIpc) is 2.47. The Balaban J connectivity index is 1.90. The Labute approximate surface area is 135 Å². The third-order valence-corrected chi connectivity index (χ3v) is 5.19. The monoisotopic (exact) mass is 345 g/mol. The number of benzene rings is 1. The van der Waals surface area contributed by atoms with Gasteiger partial charge in [-0.05, 0) is 23.8 Å². The number of carbonyl (C=O) groups is 1. The van der Waals surface area contributed by atoms with Gasteiger partial charge >= 0.3 is 6.09 Å². The minimum absolute atomic E-state index is 0.113. The molecular formula is C15H20ClNO4S. The first-order chi connectivity index (χ1) is 10.3. The summed E-state index contributed by atoms with van der Waals surface area (Å²) in [4.78, 5) is 13.7. The smallest absolute Gasteiger partial charge is 0.410 e. The van der Waals surface area contributed by atoms with Gasteiger partial charge in [0, 0.05) is 23.8 Å². The minimum Gasteiger partial charge on any atom is -0.445 e. The van der Waals surface area contributed by atoms with Crippen LogP contribution in [0.5, 0.6) is 0 Å². The number of amides is 1. The van der Waals surface area contributed by atoms with Crippen LogP contribution in [0.15, 0.2) is 30.3 Å². The fourth-order valence-corrected chi connectivity index (χ4v) is 4.03. The summed E-state index contributed by atoms with van der Waals surface area (Å²) in [5.41, 5.74) is 0.918. The quantitative estimate of drug-likeness (QED) is 0.787. The van der Waals surface area contributed by atoms with Gasteiger partial charge in [-0.25, -0.2) is 13.2 Å². The minimum atomic E-state index is -3.57. The molecule has 22 heavy (non-hydrogen) atoms. The molecule has 0 aromatic heterocycles. The second-order valence-electron chi connectivity index (χ2n) is 5.72. The molecule has 1 aliphatic rings. The lowest BCUT2D eigenvalue weighted by atomic mass is 9.89. The van der Waals surface area contributed by atoms with Gasteiger partial charge in [0.15, 0.2) is 0 Å². The number of ether oxygens (including phenoxy) is 1. The lowest BCUT2D eigenvalue weighted by Gasteiger charge is -2.35. The molecule has 1 aromatic carbocycles. The lowest BCUT2D eigenvalue weighted by molar-refractivity contribution is 0.0708. The van der Waals surface area contributed by atoms with Crippen molar-refractivity contribution in [2.75, 3.05) is 18.8 Å². The van der Waals surface area contributed by atoms with Gasteiger partial charge in [0.2, 0.25) is 9.05 Å². The highest BCUT2D eigenvalue weighted by atomic mass is 35.7.